The van der Waals surface area contributed by atoms with E-state index in [-0.39, 0.29) is 5.91 Å². The fourth-order valence-corrected chi connectivity index (χ4v) is 2.18. The lowest BCUT2D eigenvalue weighted by Gasteiger charge is -2.09. The maximum absolute atomic E-state index is 12.3. The van der Waals surface area contributed by atoms with Crippen LogP contribution in [0.3, 0.4) is 0 Å². The molecule has 0 saturated heterocycles. The van der Waals surface area contributed by atoms with Gasteiger partial charge in [-0.3, -0.25) is 9.78 Å². The number of pyridine rings is 1. The highest BCUT2D eigenvalue weighted by molar-refractivity contribution is 6.03. The number of anilines is 3. The average molecular weight is 314 g/mol. The molecular weight excluding hydrogens is 300 g/mol. The highest BCUT2D eigenvalue weighted by Gasteiger charge is 2.08. The first-order chi connectivity index (χ1) is 11.7. The van der Waals surface area contributed by atoms with Gasteiger partial charge >= 0.3 is 0 Å². The van der Waals surface area contributed by atoms with Crippen LogP contribution >= 0.6 is 0 Å². The molecule has 0 bridgehead atoms. The SMILES string of the molecule is N#Cc1cccc(Nc2ccnc(C(=O)Nc3ccccc3)c2)c1. The van der Waals surface area contributed by atoms with Crippen molar-refractivity contribution in [3.63, 3.8) is 0 Å². The smallest absolute Gasteiger partial charge is 0.274 e. The molecule has 0 saturated carbocycles. The number of nitriles is 1. The van der Waals surface area contributed by atoms with Crippen molar-refractivity contribution >= 4 is 23.0 Å². The van der Waals surface area contributed by atoms with Gasteiger partial charge in [-0.15, -0.1) is 0 Å². The third-order valence-electron chi connectivity index (χ3n) is 3.30. The quantitative estimate of drug-likeness (QED) is 0.764. The average Bonchev–Trinajstić information content (AvgIpc) is 2.63. The van der Waals surface area contributed by atoms with E-state index in [2.05, 4.69) is 21.7 Å². The van der Waals surface area contributed by atoms with Crippen molar-refractivity contribution in [3.05, 3.63) is 84.2 Å². The topological polar surface area (TPSA) is 77.8 Å². The molecule has 0 atom stereocenters. The lowest BCUT2D eigenvalue weighted by atomic mass is 10.2. The Morgan fingerprint density at radius 2 is 1.67 bits per heavy atom. The summed E-state index contributed by atoms with van der Waals surface area (Å²) in [6.45, 7) is 0. The van der Waals surface area contributed by atoms with Crippen molar-refractivity contribution in [1.29, 1.82) is 5.26 Å². The number of hydrogen-bond acceptors (Lipinski definition) is 4. The zero-order valence-corrected chi connectivity index (χ0v) is 12.7. The van der Waals surface area contributed by atoms with Gasteiger partial charge in [-0.25, -0.2) is 0 Å². The number of hydrogen-bond donors (Lipinski definition) is 2. The second kappa shape index (κ2) is 7.07. The first kappa shape index (κ1) is 15.3. The van der Waals surface area contributed by atoms with Gasteiger partial charge in [0.2, 0.25) is 0 Å². The zero-order chi connectivity index (χ0) is 16.8. The fraction of sp³-hybridized carbons (Fsp3) is 0. The number of para-hydroxylation sites is 1. The van der Waals surface area contributed by atoms with Crippen LogP contribution in [0.4, 0.5) is 17.1 Å². The molecule has 0 aliphatic heterocycles. The molecule has 0 unspecified atom stereocenters. The standard InChI is InChI=1S/C19H14N4O/c20-13-14-5-4-8-16(11-14)22-17-9-10-21-18(12-17)19(24)23-15-6-2-1-3-7-15/h1-12H,(H,21,22)(H,23,24). The van der Waals surface area contributed by atoms with Crippen molar-refractivity contribution in [1.82, 2.24) is 4.98 Å². The fourth-order valence-electron chi connectivity index (χ4n) is 2.18. The summed E-state index contributed by atoms with van der Waals surface area (Å²) in [6.07, 6.45) is 1.57. The van der Waals surface area contributed by atoms with Gasteiger partial charge in [-0.1, -0.05) is 24.3 Å². The van der Waals surface area contributed by atoms with Gasteiger partial charge in [-0.05, 0) is 42.5 Å². The molecule has 0 spiro atoms. The van der Waals surface area contributed by atoms with E-state index in [9.17, 15) is 4.79 Å². The molecule has 2 aromatic carbocycles. The van der Waals surface area contributed by atoms with E-state index in [4.69, 9.17) is 5.26 Å². The molecule has 0 aliphatic rings. The van der Waals surface area contributed by atoms with E-state index >= 15 is 0 Å². The number of nitrogens with one attached hydrogen (secondary N) is 2. The van der Waals surface area contributed by atoms with Crippen LogP contribution < -0.4 is 10.6 Å². The summed E-state index contributed by atoms with van der Waals surface area (Å²) >= 11 is 0. The summed E-state index contributed by atoms with van der Waals surface area (Å²) in [7, 11) is 0. The van der Waals surface area contributed by atoms with Crippen molar-refractivity contribution in [3.8, 4) is 6.07 Å². The van der Waals surface area contributed by atoms with E-state index < -0.39 is 0 Å². The predicted octanol–water partition coefficient (Wildman–Crippen LogP) is 3.95. The molecule has 0 radical (unpaired) electrons. The zero-order valence-electron chi connectivity index (χ0n) is 12.7. The van der Waals surface area contributed by atoms with Gasteiger partial charge in [0, 0.05) is 23.3 Å². The predicted molar refractivity (Wildman–Crippen MR) is 93.1 cm³/mol. The van der Waals surface area contributed by atoms with Crippen LogP contribution in [-0.4, -0.2) is 10.9 Å². The number of nitrogens with zero attached hydrogens (tertiary/aromatic N) is 2. The monoisotopic (exact) mass is 314 g/mol. The van der Waals surface area contributed by atoms with Crippen molar-refractivity contribution in [2.45, 2.75) is 0 Å². The summed E-state index contributed by atoms with van der Waals surface area (Å²) in [5.74, 6) is -0.282. The summed E-state index contributed by atoms with van der Waals surface area (Å²) in [6, 6.07) is 21.9. The molecule has 24 heavy (non-hydrogen) atoms. The number of carbonyl (C=O) groups is 1. The van der Waals surface area contributed by atoms with Gasteiger partial charge in [-0.2, -0.15) is 5.26 Å². The molecule has 5 nitrogen and oxygen atoms in total. The van der Waals surface area contributed by atoms with Gasteiger partial charge in [0.15, 0.2) is 0 Å². The van der Waals surface area contributed by atoms with Crippen LogP contribution in [0.2, 0.25) is 0 Å². The summed E-state index contributed by atoms with van der Waals surface area (Å²) in [5.41, 5.74) is 3.08. The van der Waals surface area contributed by atoms with Crippen LogP contribution in [0, 0.1) is 11.3 Å². The number of benzene rings is 2. The minimum atomic E-state index is -0.282. The maximum Gasteiger partial charge on any atom is 0.274 e. The normalized spacial score (nSPS) is 9.79. The van der Waals surface area contributed by atoms with Gasteiger partial charge in [0.05, 0.1) is 11.6 Å². The second-order valence-electron chi connectivity index (χ2n) is 5.07. The largest absolute Gasteiger partial charge is 0.355 e. The lowest BCUT2D eigenvalue weighted by molar-refractivity contribution is 0.102. The molecular formula is C19H14N4O. The molecule has 0 fully saturated rings. The Labute approximate surface area is 139 Å². The molecule has 1 aromatic heterocycles. The Hall–Kier alpha value is -3.65. The summed E-state index contributed by atoms with van der Waals surface area (Å²) in [5, 5.41) is 14.9. The minimum absolute atomic E-state index is 0.282. The number of rotatable bonds is 4. The molecule has 3 rings (SSSR count). The Balaban J connectivity index is 1.76. The Bertz CT molecular complexity index is 900. The molecule has 116 valence electrons. The van der Waals surface area contributed by atoms with E-state index in [1.54, 1.807) is 36.5 Å². The Kier molecular flexibility index (Phi) is 4.50. The Morgan fingerprint density at radius 3 is 2.46 bits per heavy atom. The molecule has 1 amide bonds. The van der Waals surface area contributed by atoms with Crippen molar-refractivity contribution < 1.29 is 4.79 Å². The van der Waals surface area contributed by atoms with E-state index in [1.807, 2.05) is 36.4 Å². The van der Waals surface area contributed by atoms with Gasteiger partial charge < -0.3 is 10.6 Å². The number of carbonyl (C=O) groups excluding carboxylic acids is 1. The molecule has 1 heterocycles. The van der Waals surface area contributed by atoms with Crippen LogP contribution in [0.25, 0.3) is 0 Å². The molecule has 2 N–H and O–H groups in total. The van der Waals surface area contributed by atoms with Crippen LogP contribution in [0.15, 0.2) is 72.9 Å². The summed E-state index contributed by atoms with van der Waals surface area (Å²) < 4.78 is 0. The molecule has 0 aliphatic carbocycles. The van der Waals surface area contributed by atoms with Crippen LogP contribution in [0.5, 0.6) is 0 Å². The summed E-state index contributed by atoms with van der Waals surface area (Å²) in [4.78, 5) is 16.4. The number of aromatic nitrogens is 1. The Morgan fingerprint density at radius 1 is 0.917 bits per heavy atom. The van der Waals surface area contributed by atoms with Crippen molar-refractivity contribution in [2.24, 2.45) is 0 Å². The highest BCUT2D eigenvalue weighted by Crippen LogP contribution is 2.18. The second-order valence-corrected chi connectivity index (χ2v) is 5.07. The molecule has 3 aromatic rings. The van der Waals surface area contributed by atoms with E-state index in [0.717, 1.165) is 11.4 Å². The first-order valence-electron chi connectivity index (χ1n) is 7.34. The first-order valence-corrected chi connectivity index (χ1v) is 7.34. The maximum atomic E-state index is 12.3. The highest BCUT2D eigenvalue weighted by atomic mass is 16.1. The lowest BCUT2D eigenvalue weighted by Crippen LogP contribution is -2.13. The van der Waals surface area contributed by atoms with Gasteiger partial charge in [0.25, 0.3) is 5.91 Å². The van der Waals surface area contributed by atoms with E-state index in [1.165, 1.54) is 0 Å². The van der Waals surface area contributed by atoms with Crippen LogP contribution in [-0.2, 0) is 0 Å². The van der Waals surface area contributed by atoms with E-state index in [0.29, 0.717) is 16.9 Å². The van der Waals surface area contributed by atoms with Gasteiger partial charge in [0.1, 0.15) is 5.69 Å². The van der Waals surface area contributed by atoms with Crippen molar-refractivity contribution in [2.75, 3.05) is 10.6 Å². The number of amides is 1. The third-order valence-corrected chi connectivity index (χ3v) is 3.30. The minimum Gasteiger partial charge on any atom is -0.355 e. The third kappa shape index (κ3) is 3.76. The molecule has 5 heteroatoms. The van der Waals surface area contributed by atoms with Crippen LogP contribution in [0.1, 0.15) is 16.1 Å².